The molecule has 1 aliphatic heterocycles. The van der Waals surface area contributed by atoms with E-state index in [-0.39, 0.29) is 18.0 Å². The number of aryl methyl sites for hydroxylation is 1. The van der Waals surface area contributed by atoms with Gasteiger partial charge in [0.05, 0.1) is 11.9 Å². The molecule has 0 saturated carbocycles. The summed E-state index contributed by atoms with van der Waals surface area (Å²) in [7, 11) is 3.31. The molecule has 7 heteroatoms. The average molecular weight is 317 g/mol. The Morgan fingerprint density at radius 1 is 1.35 bits per heavy atom. The molecule has 1 fully saturated rings. The standard InChI is InChI=1S/C16H23N5O2/c1-12-14(5-4-8-18-12)15(22)21-9-6-13(7-10-21)20(3)16(23)19(2)11-17/h4-5,8,11,13,17H,6-7,9-10H2,1-3H3. The lowest BCUT2D eigenvalue weighted by Crippen LogP contribution is -2.50. The Morgan fingerprint density at radius 3 is 2.57 bits per heavy atom. The number of carbonyl (C=O) groups is 2. The van der Waals surface area contributed by atoms with Crippen LogP contribution in [0.25, 0.3) is 0 Å². The summed E-state index contributed by atoms with van der Waals surface area (Å²) in [6, 6.07) is 3.45. The SMILES string of the molecule is Cc1ncccc1C(=O)N1CCC(N(C)C(=O)N(C)C=N)CC1. The Labute approximate surface area is 136 Å². The maximum absolute atomic E-state index is 12.6. The van der Waals surface area contributed by atoms with E-state index in [2.05, 4.69) is 4.98 Å². The number of likely N-dealkylation sites (tertiary alicyclic amines) is 1. The van der Waals surface area contributed by atoms with Crippen LogP contribution in [0.3, 0.4) is 0 Å². The minimum Gasteiger partial charge on any atom is -0.338 e. The smallest absolute Gasteiger partial charge is 0.324 e. The molecule has 3 amide bonds. The van der Waals surface area contributed by atoms with Crippen LogP contribution in [-0.2, 0) is 0 Å². The molecule has 1 N–H and O–H groups in total. The zero-order chi connectivity index (χ0) is 17.0. The van der Waals surface area contributed by atoms with E-state index in [9.17, 15) is 9.59 Å². The lowest BCUT2D eigenvalue weighted by molar-refractivity contribution is 0.0661. The second-order valence-electron chi connectivity index (χ2n) is 5.79. The third-order valence-corrected chi connectivity index (χ3v) is 4.33. The van der Waals surface area contributed by atoms with Gasteiger partial charge in [-0.25, -0.2) is 4.79 Å². The van der Waals surface area contributed by atoms with Crippen molar-refractivity contribution in [2.75, 3.05) is 27.2 Å². The largest absolute Gasteiger partial charge is 0.338 e. The van der Waals surface area contributed by atoms with Crippen molar-refractivity contribution < 1.29 is 9.59 Å². The van der Waals surface area contributed by atoms with Gasteiger partial charge in [-0.15, -0.1) is 0 Å². The molecule has 1 aliphatic rings. The second kappa shape index (κ2) is 7.21. The lowest BCUT2D eigenvalue weighted by Gasteiger charge is -2.37. The molecule has 0 spiro atoms. The topological polar surface area (TPSA) is 80.6 Å². The number of carbonyl (C=O) groups excluding carboxylic acids is 2. The maximum Gasteiger partial charge on any atom is 0.324 e. The molecule has 124 valence electrons. The lowest BCUT2D eigenvalue weighted by atomic mass is 10.0. The fourth-order valence-electron chi connectivity index (χ4n) is 2.80. The van der Waals surface area contributed by atoms with Crippen molar-refractivity contribution in [2.24, 2.45) is 0 Å². The molecular weight excluding hydrogens is 294 g/mol. The molecule has 0 bridgehead atoms. The van der Waals surface area contributed by atoms with Gasteiger partial charge < -0.3 is 9.80 Å². The first kappa shape index (κ1) is 16.9. The molecule has 2 heterocycles. The zero-order valence-corrected chi connectivity index (χ0v) is 13.8. The third-order valence-electron chi connectivity index (χ3n) is 4.33. The highest BCUT2D eigenvalue weighted by Crippen LogP contribution is 2.19. The minimum atomic E-state index is -0.201. The van der Waals surface area contributed by atoms with E-state index in [0.717, 1.165) is 24.9 Å². The number of amides is 3. The molecule has 7 nitrogen and oxygen atoms in total. The number of nitrogens with one attached hydrogen (secondary N) is 1. The van der Waals surface area contributed by atoms with Crippen LogP contribution in [-0.4, -0.2) is 71.2 Å². The van der Waals surface area contributed by atoms with Crippen molar-refractivity contribution in [1.82, 2.24) is 19.7 Å². The van der Waals surface area contributed by atoms with Crippen LogP contribution in [0.1, 0.15) is 28.9 Å². The molecule has 1 aromatic heterocycles. The molecule has 0 radical (unpaired) electrons. The molecule has 0 atom stereocenters. The Kier molecular flexibility index (Phi) is 5.31. The number of aromatic nitrogens is 1. The van der Waals surface area contributed by atoms with E-state index in [0.29, 0.717) is 18.7 Å². The van der Waals surface area contributed by atoms with Gasteiger partial charge in [0.25, 0.3) is 5.91 Å². The number of urea groups is 1. The van der Waals surface area contributed by atoms with Gasteiger partial charge in [-0.3, -0.25) is 20.1 Å². The summed E-state index contributed by atoms with van der Waals surface area (Å²) in [5.41, 5.74) is 1.37. The molecule has 2 rings (SSSR count). The second-order valence-corrected chi connectivity index (χ2v) is 5.79. The molecule has 1 aromatic rings. The van der Waals surface area contributed by atoms with E-state index >= 15 is 0 Å². The summed E-state index contributed by atoms with van der Waals surface area (Å²) >= 11 is 0. The highest BCUT2D eigenvalue weighted by Gasteiger charge is 2.29. The van der Waals surface area contributed by atoms with Crippen LogP contribution >= 0.6 is 0 Å². The first-order valence-corrected chi connectivity index (χ1v) is 7.66. The molecule has 23 heavy (non-hydrogen) atoms. The van der Waals surface area contributed by atoms with Gasteiger partial charge >= 0.3 is 6.03 Å². The number of pyridine rings is 1. The van der Waals surface area contributed by atoms with Gasteiger partial charge in [-0.1, -0.05) is 0 Å². The van der Waals surface area contributed by atoms with Crippen molar-refractivity contribution in [3.63, 3.8) is 0 Å². The summed E-state index contributed by atoms with van der Waals surface area (Å²) in [5.74, 6) is -0.000334. The van der Waals surface area contributed by atoms with E-state index in [1.807, 2.05) is 11.8 Å². The summed E-state index contributed by atoms with van der Waals surface area (Å²) in [6.45, 7) is 3.06. The molecular formula is C16H23N5O2. The maximum atomic E-state index is 12.6. The Bertz CT molecular complexity index is 596. The van der Waals surface area contributed by atoms with Crippen molar-refractivity contribution in [3.8, 4) is 0 Å². The van der Waals surface area contributed by atoms with E-state index in [1.54, 1.807) is 37.3 Å². The third kappa shape index (κ3) is 3.67. The Morgan fingerprint density at radius 2 is 2.00 bits per heavy atom. The van der Waals surface area contributed by atoms with E-state index < -0.39 is 0 Å². The van der Waals surface area contributed by atoms with Gasteiger partial charge in [0.1, 0.15) is 0 Å². The van der Waals surface area contributed by atoms with Crippen LogP contribution in [0, 0.1) is 12.3 Å². The number of rotatable bonds is 3. The summed E-state index contributed by atoms with van der Waals surface area (Å²) in [5, 5.41) is 7.14. The molecule has 0 unspecified atom stereocenters. The first-order valence-electron chi connectivity index (χ1n) is 7.66. The van der Waals surface area contributed by atoms with Gasteiger partial charge in [0.2, 0.25) is 0 Å². The number of hydrogen-bond donors (Lipinski definition) is 1. The summed E-state index contributed by atoms with van der Waals surface area (Å²) in [6.07, 6.45) is 4.15. The van der Waals surface area contributed by atoms with Crippen LogP contribution in [0.4, 0.5) is 4.79 Å². The number of nitrogens with zero attached hydrogens (tertiary/aromatic N) is 4. The quantitative estimate of drug-likeness (QED) is 0.679. The predicted octanol–water partition coefficient (Wildman–Crippen LogP) is 1.59. The highest BCUT2D eigenvalue weighted by molar-refractivity contribution is 5.95. The van der Waals surface area contributed by atoms with E-state index in [4.69, 9.17) is 5.41 Å². The minimum absolute atomic E-state index is 0.000334. The average Bonchev–Trinajstić information content (AvgIpc) is 2.59. The Balaban J connectivity index is 1.96. The Hall–Kier alpha value is -2.44. The first-order chi connectivity index (χ1) is 11.0. The summed E-state index contributed by atoms with van der Waals surface area (Å²) < 4.78 is 0. The number of hydrogen-bond acceptors (Lipinski definition) is 4. The monoisotopic (exact) mass is 317 g/mol. The normalized spacial score (nSPS) is 15.2. The van der Waals surface area contributed by atoms with Crippen LogP contribution in [0.15, 0.2) is 18.3 Å². The van der Waals surface area contributed by atoms with E-state index in [1.165, 1.54) is 4.90 Å². The van der Waals surface area contributed by atoms with Gasteiger partial charge in [-0.05, 0) is 31.9 Å². The van der Waals surface area contributed by atoms with Crippen molar-refractivity contribution >= 4 is 18.3 Å². The van der Waals surface area contributed by atoms with Gasteiger partial charge in [0, 0.05) is 45.1 Å². The van der Waals surface area contributed by atoms with Crippen molar-refractivity contribution in [2.45, 2.75) is 25.8 Å². The van der Waals surface area contributed by atoms with Crippen molar-refractivity contribution in [1.29, 1.82) is 5.41 Å². The highest BCUT2D eigenvalue weighted by atomic mass is 16.2. The van der Waals surface area contributed by atoms with Crippen LogP contribution in [0.2, 0.25) is 0 Å². The fourth-order valence-corrected chi connectivity index (χ4v) is 2.80. The zero-order valence-electron chi connectivity index (χ0n) is 13.8. The fraction of sp³-hybridized carbons (Fsp3) is 0.500. The molecule has 1 saturated heterocycles. The summed E-state index contributed by atoms with van der Waals surface area (Å²) in [4.78, 5) is 33.5. The number of piperidine rings is 1. The van der Waals surface area contributed by atoms with Crippen molar-refractivity contribution in [3.05, 3.63) is 29.6 Å². The molecule has 0 aromatic carbocycles. The van der Waals surface area contributed by atoms with Crippen LogP contribution < -0.4 is 0 Å². The van der Waals surface area contributed by atoms with Gasteiger partial charge in [0.15, 0.2) is 0 Å². The molecule has 0 aliphatic carbocycles. The van der Waals surface area contributed by atoms with Gasteiger partial charge in [-0.2, -0.15) is 0 Å². The predicted molar refractivity (Wildman–Crippen MR) is 87.6 cm³/mol. The van der Waals surface area contributed by atoms with Crippen LogP contribution in [0.5, 0.6) is 0 Å².